The summed E-state index contributed by atoms with van der Waals surface area (Å²) in [7, 11) is 3.27. The second-order valence-electron chi connectivity index (χ2n) is 4.95. The second kappa shape index (κ2) is 6.91. The average molecular weight is 330 g/mol. The van der Waals surface area contributed by atoms with Gasteiger partial charge in [0.15, 0.2) is 0 Å². The van der Waals surface area contributed by atoms with E-state index in [1.807, 2.05) is 25.2 Å². The maximum absolute atomic E-state index is 11.6. The molecule has 0 aliphatic carbocycles. The third-order valence-electron chi connectivity index (χ3n) is 2.72. The maximum Gasteiger partial charge on any atom is 0.314 e. The molecule has 0 fully saturated rings. The van der Waals surface area contributed by atoms with Crippen molar-refractivity contribution in [2.45, 2.75) is 20.4 Å². The van der Waals surface area contributed by atoms with Gasteiger partial charge in [0.05, 0.1) is 12.5 Å². The van der Waals surface area contributed by atoms with Gasteiger partial charge in [-0.25, -0.2) is 0 Å². The molecule has 4 nitrogen and oxygen atoms in total. The highest BCUT2D eigenvalue weighted by atomic mass is 79.9. The van der Waals surface area contributed by atoms with Crippen LogP contribution >= 0.6 is 15.9 Å². The van der Waals surface area contributed by atoms with E-state index in [-0.39, 0.29) is 12.6 Å². The Hall–Kier alpha value is -1.07. The van der Waals surface area contributed by atoms with Crippen molar-refractivity contribution < 1.29 is 14.3 Å². The summed E-state index contributed by atoms with van der Waals surface area (Å²) in [5.74, 6) is 0.463. The molecule has 0 aromatic heterocycles. The lowest BCUT2D eigenvalue weighted by Gasteiger charge is -2.22. The van der Waals surface area contributed by atoms with Crippen molar-refractivity contribution >= 4 is 21.9 Å². The second-order valence-corrected chi connectivity index (χ2v) is 5.80. The summed E-state index contributed by atoms with van der Waals surface area (Å²) in [6, 6.07) is 5.76. The molecule has 0 bridgehead atoms. The molecule has 0 saturated heterocycles. The summed E-state index contributed by atoms with van der Waals surface area (Å²) in [6.45, 7) is 4.62. The fraction of sp³-hybridized carbons (Fsp3) is 0.500. The van der Waals surface area contributed by atoms with Crippen molar-refractivity contribution in [1.82, 2.24) is 5.32 Å². The smallest absolute Gasteiger partial charge is 0.314 e. The molecule has 19 heavy (non-hydrogen) atoms. The van der Waals surface area contributed by atoms with E-state index in [9.17, 15) is 4.79 Å². The van der Waals surface area contributed by atoms with Crippen LogP contribution in [-0.2, 0) is 16.1 Å². The van der Waals surface area contributed by atoms with Gasteiger partial charge in [0.2, 0.25) is 0 Å². The van der Waals surface area contributed by atoms with Gasteiger partial charge in [0, 0.05) is 11.0 Å². The van der Waals surface area contributed by atoms with Crippen LogP contribution < -0.4 is 10.1 Å². The Balaban J connectivity index is 2.73. The molecular formula is C14H20BrNO3. The molecule has 0 aliphatic heterocycles. The summed E-state index contributed by atoms with van der Waals surface area (Å²) in [4.78, 5) is 11.6. The number of ether oxygens (including phenoxy) is 2. The van der Waals surface area contributed by atoms with Crippen LogP contribution in [0.3, 0.4) is 0 Å². The molecule has 0 spiro atoms. The van der Waals surface area contributed by atoms with Gasteiger partial charge in [-0.15, -0.1) is 0 Å². The van der Waals surface area contributed by atoms with Gasteiger partial charge in [-0.3, -0.25) is 4.79 Å². The Morgan fingerprint density at radius 3 is 2.68 bits per heavy atom. The normalized spacial score (nSPS) is 11.2. The van der Waals surface area contributed by atoms with E-state index in [0.29, 0.717) is 0 Å². The summed E-state index contributed by atoms with van der Waals surface area (Å²) in [6.07, 6.45) is 0. The number of hydrogen-bond acceptors (Lipinski definition) is 4. The molecule has 1 aromatic rings. The Labute approximate surface area is 122 Å². The molecule has 0 heterocycles. The molecule has 0 radical (unpaired) electrons. The van der Waals surface area contributed by atoms with Crippen molar-refractivity contribution in [3.63, 3.8) is 0 Å². The van der Waals surface area contributed by atoms with E-state index < -0.39 is 5.41 Å². The monoisotopic (exact) mass is 329 g/mol. The fourth-order valence-electron chi connectivity index (χ4n) is 1.57. The van der Waals surface area contributed by atoms with Crippen molar-refractivity contribution in [3.05, 3.63) is 28.2 Å². The Morgan fingerprint density at radius 2 is 2.11 bits per heavy atom. The Morgan fingerprint density at radius 1 is 1.42 bits per heavy atom. The van der Waals surface area contributed by atoms with Crippen LogP contribution in [0.2, 0.25) is 0 Å². The van der Waals surface area contributed by atoms with Gasteiger partial charge < -0.3 is 14.8 Å². The minimum absolute atomic E-state index is 0.278. The SMILES string of the molecule is CNCc1cc(OCC(C)(C)C(=O)OC)ccc1Br. The van der Waals surface area contributed by atoms with E-state index in [1.54, 1.807) is 13.8 Å². The summed E-state index contributed by atoms with van der Waals surface area (Å²) in [5.41, 5.74) is 0.446. The molecule has 1 rings (SSSR count). The van der Waals surface area contributed by atoms with Crippen molar-refractivity contribution in [2.24, 2.45) is 5.41 Å². The van der Waals surface area contributed by atoms with Crippen LogP contribution in [0.25, 0.3) is 0 Å². The summed E-state index contributed by atoms with van der Waals surface area (Å²) < 4.78 is 11.5. The van der Waals surface area contributed by atoms with Gasteiger partial charge >= 0.3 is 5.97 Å². The van der Waals surface area contributed by atoms with Crippen LogP contribution in [0.5, 0.6) is 5.75 Å². The third-order valence-corrected chi connectivity index (χ3v) is 3.50. The highest BCUT2D eigenvalue weighted by molar-refractivity contribution is 9.10. The lowest BCUT2D eigenvalue weighted by molar-refractivity contribution is -0.152. The molecule has 5 heteroatoms. The first kappa shape index (κ1) is 16.0. The summed E-state index contributed by atoms with van der Waals surface area (Å²) in [5, 5.41) is 3.09. The standard InChI is InChI=1S/C14H20BrNO3/c1-14(2,13(17)18-4)9-19-11-5-6-12(15)10(7-11)8-16-3/h5-7,16H,8-9H2,1-4H3. The minimum Gasteiger partial charge on any atom is -0.492 e. The van der Waals surface area contributed by atoms with Crippen molar-refractivity contribution in [3.8, 4) is 5.75 Å². The van der Waals surface area contributed by atoms with Crippen molar-refractivity contribution in [1.29, 1.82) is 0 Å². The third kappa shape index (κ3) is 4.51. The Bertz CT molecular complexity index is 446. The zero-order valence-corrected chi connectivity index (χ0v) is 13.3. The van der Waals surface area contributed by atoms with Gasteiger partial charge in [-0.1, -0.05) is 15.9 Å². The molecule has 1 aromatic carbocycles. The first-order chi connectivity index (χ1) is 8.90. The van der Waals surface area contributed by atoms with Gasteiger partial charge in [0.25, 0.3) is 0 Å². The van der Waals surface area contributed by atoms with E-state index in [2.05, 4.69) is 21.2 Å². The molecule has 0 amide bonds. The van der Waals surface area contributed by atoms with E-state index >= 15 is 0 Å². The zero-order chi connectivity index (χ0) is 14.5. The topological polar surface area (TPSA) is 47.6 Å². The Kier molecular flexibility index (Phi) is 5.82. The number of nitrogens with one attached hydrogen (secondary N) is 1. The van der Waals surface area contributed by atoms with Crippen LogP contribution in [-0.4, -0.2) is 26.7 Å². The largest absolute Gasteiger partial charge is 0.492 e. The highest BCUT2D eigenvalue weighted by Crippen LogP contribution is 2.25. The predicted molar refractivity (Wildman–Crippen MR) is 78.2 cm³/mol. The number of benzene rings is 1. The zero-order valence-electron chi connectivity index (χ0n) is 11.7. The molecule has 0 unspecified atom stereocenters. The minimum atomic E-state index is -0.662. The van der Waals surface area contributed by atoms with Gasteiger partial charge in [-0.05, 0) is 44.7 Å². The lowest BCUT2D eigenvalue weighted by atomic mass is 9.95. The maximum atomic E-state index is 11.6. The van der Waals surface area contributed by atoms with E-state index in [4.69, 9.17) is 9.47 Å². The van der Waals surface area contributed by atoms with E-state index in [1.165, 1.54) is 7.11 Å². The van der Waals surface area contributed by atoms with Crippen LogP contribution in [0.4, 0.5) is 0 Å². The number of hydrogen-bond donors (Lipinski definition) is 1. The van der Waals surface area contributed by atoms with Gasteiger partial charge in [0.1, 0.15) is 12.4 Å². The molecule has 0 atom stereocenters. The average Bonchev–Trinajstić information content (AvgIpc) is 2.39. The van der Waals surface area contributed by atoms with Crippen LogP contribution in [0, 0.1) is 5.41 Å². The van der Waals surface area contributed by atoms with Gasteiger partial charge in [-0.2, -0.15) is 0 Å². The lowest BCUT2D eigenvalue weighted by Crippen LogP contribution is -2.32. The summed E-state index contributed by atoms with van der Waals surface area (Å²) >= 11 is 3.49. The number of rotatable bonds is 6. The fourth-order valence-corrected chi connectivity index (χ4v) is 1.95. The molecule has 0 saturated carbocycles. The van der Waals surface area contributed by atoms with E-state index in [0.717, 1.165) is 22.3 Å². The number of esters is 1. The number of carbonyl (C=O) groups excluding carboxylic acids is 1. The molecule has 106 valence electrons. The number of halogens is 1. The molecule has 0 aliphatic rings. The molecule has 1 N–H and O–H groups in total. The van der Waals surface area contributed by atoms with Crippen molar-refractivity contribution in [2.75, 3.05) is 20.8 Å². The first-order valence-electron chi connectivity index (χ1n) is 6.05. The predicted octanol–water partition coefficient (Wildman–Crippen LogP) is 2.75. The number of methoxy groups -OCH3 is 1. The highest BCUT2D eigenvalue weighted by Gasteiger charge is 2.29. The quantitative estimate of drug-likeness (QED) is 0.815. The van der Waals surface area contributed by atoms with Crippen LogP contribution in [0.1, 0.15) is 19.4 Å². The first-order valence-corrected chi connectivity index (χ1v) is 6.84. The number of carbonyl (C=O) groups is 1. The van der Waals surface area contributed by atoms with Crippen LogP contribution in [0.15, 0.2) is 22.7 Å². The molecular weight excluding hydrogens is 310 g/mol.